The monoisotopic (exact) mass is 387 g/mol. The Hall–Kier alpha value is -2.87. The molecular formula is C16H14ClN7OS. The minimum atomic E-state index is -0.336. The molecule has 0 aliphatic carbocycles. The van der Waals surface area contributed by atoms with E-state index in [9.17, 15) is 4.79 Å². The van der Waals surface area contributed by atoms with E-state index < -0.39 is 0 Å². The predicted molar refractivity (Wildman–Crippen MR) is 100 cm³/mol. The molecule has 26 heavy (non-hydrogen) atoms. The molecule has 2 aromatic heterocycles. The Labute approximate surface area is 157 Å². The van der Waals surface area contributed by atoms with Crippen LogP contribution in [0.2, 0.25) is 5.02 Å². The summed E-state index contributed by atoms with van der Waals surface area (Å²) in [6, 6.07) is 8.76. The molecule has 3 rings (SSSR count). The van der Waals surface area contributed by atoms with Crippen LogP contribution >= 0.6 is 22.9 Å². The second-order valence-corrected chi connectivity index (χ2v) is 6.88. The molecule has 3 aromatic rings. The van der Waals surface area contributed by atoms with Crippen LogP contribution in [0, 0.1) is 0 Å². The highest BCUT2D eigenvalue weighted by Gasteiger charge is 2.17. The van der Waals surface area contributed by atoms with Gasteiger partial charge in [0.1, 0.15) is 9.88 Å². The number of H-pyrrole nitrogens is 1. The van der Waals surface area contributed by atoms with Crippen LogP contribution < -0.4 is 5.32 Å². The second kappa shape index (κ2) is 8.48. The standard InChI is InChI=1S/C16H14ClN7OS/c17-11-3-1-10(2-4-11)7-12(8-21-24-18)22-15(25)14-9-19-16(26-14)13-5-6-20-23-13/h1-6,9,12H,7-8H2,(H,20,23)(H,22,25). The Balaban J connectivity index is 1.70. The van der Waals surface area contributed by atoms with Crippen molar-refractivity contribution < 1.29 is 4.79 Å². The fraction of sp³-hybridized carbons (Fsp3) is 0.188. The number of hydrogen-bond donors (Lipinski definition) is 2. The first-order chi connectivity index (χ1) is 12.7. The second-order valence-electron chi connectivity index (χ2n) is 5.41. The first kappa shape index (κ1) is 17.9. The zero-order chi connectivity index (χ0) is 18.4. The molecule has 0 saturated carbocycles. The van der Waals surface area contributed by atoms with Crippen molar-refractivity contribution in [1.82, 2.24) is 20.5 Å². The molecule has 0 spiro atoms. The molecule has 0 fully saturated rings. The lowest BCUT2D eigenvalue weighted by molar-refractivity contribution is 0.0942. The number of aromatic amines is 1. The minimum Gasteiger partial charge on any atom is -0.348 e. The van der Waals surface area contributed by atoms with Gasteiger partial charge in [-0.3, -0.25) is 9.89 Å². The van der Waals surface area contributed by atoms with E-state index in [0.717, 1.165) is 11.3 Å². The minimum absolute atomic E-state index is 0.150. The summed E-state index contributed by atoms with van der Waals surface area (Å²) in [5, 5.41) is 14.5. The number of carbonyl (C=O) groups excluding carboxylic acids is 1. The first-order valence-electron chi connectivity index (χ1n) is 7.67. The summed E-state index contributed by atoms with van der Waals surface area (Å²) in [5.41, 5.74) is 10.3. The molecule has 2 N–H and O–H groups in total. The van der Waals surface area contributed by atoms with Crippen LogP contribution in [-0.2, 0) is 6.42 Å². The number of amides is 1. The highest BCUT2D eigenvalue weighted by Crippen LogP contribution is 2.23. The number of halogens is 1. The molecule has 0 aliphatic heterocycles. The number of hydrogen-bond acceptors (Lipinski definition) is 5. The van der Waals surface area contributed by atoms with Gasteiger partial charge in [0.15, 0.2) is 0 Å². The first-order valence-corrected chi connectivity index (χ1v) is 8.87. The van der Waals surface area contributed by atoms with Gasteiger partial charge < -0.3 is 5.32 Å². The van der Waals surface area contributed by atoms with Gasteiger partial charge in [-0.1, -0.05) is 28.8 Å². The van der Waals surface area contributed by atoms with E-state index in [1.54, 1.807) is 24.4 Å². The van der Waals surface area contributed by atoms with Gasteiger partial charge in [-0.25, -0.2) is 4.98 Å². The van der Waals surface area contributed by atoms with Crippen molar-refractivity contribution in [3.05, 3.63) is 68.6 Å². The highest BCUT2D eigenvalue weighted by atomic mass is 35.5. The Morgan fingerprint density at radius 3 is 2.88 bits per heavy atom. The molecule has 1 unspecified atom stereocenters. The molecule has 1 atom stereocenters. The van der Waals surface area contributed by atoms with Gasteiger partial charge in [0.2, 0.25) is 0 Å². The number of carbonyl (C=O) groups is 1. The summed E-state index contributed by atoms with van der Waals surface area (Å²) >= 11 is 7.15. The summed E-state index contributed by atoms with van der Waals surface area (Å²) < 4.78 is 0. The smallest absolute Gasteiger partial charge is 0.263 e. The number of nitrogens with one attached hydrogen (secondary N) is 2. The third-order valence-corrected chi connectivity index (χ3v) is 4.84. The molecule has 8 nitrogen and oxygen atoms in total. The van der Waals surface area contributed by atoms with E-state index in [0.29, 0.717) is 21.3 Å². The third kappa shape index (κ3) is 4.60. The molecule has 1 amide bonds. The lowest BCUT2D eigenvalue weighted by Crippen LogP contribution is -2.38. The Bertz CT molecular complexity index is 916. The van der Waals surface area contributed by atoms with Crippen molar-refractivity contribution in [2.75, 3.05) is 6.54 Å². The fourth-order valence-corrected chi connectivity index (χ4v) is 3.26. The van der Waals surface area contributed by atoms with Crippen molar-refractivity contribution in [3.63, 3.8) is 0 Å². The zero-order valence-corrected chi connectivity index (χ0v) is 15.0. The van der Waals surface area contributed by atoms with Crippen LogP contribution in [-0.4, -0.2) is 33.7 Å². The average molecular weight is 388 g/mol. The SMILES string of the molecule is [N-]=[N+]=NCC(Cc1ccc(Cl)cc1)NC(=O)c1cnc(-c2ccn[nH]2)s1. The van der Waals surface area contributed by atoms with E-state index in [2.05, 4.69) is 30.5 Å². The third-order valence-electron chi connectivity index (χ3n) is 3.56. The van der Waals surface area contributed by atoms with Crippen LogP contribution in [0.3, 0.4) is 0 Å². The van der Waals surface area contributed by atoms with Gasteiger partial charge >= 0.3 is 0 Å². The van der Waals surface area contributed by atoms with Gasteiger partial charge in [-0.2, -0.15) is 5.10 Å². The Kier molecular flexibility index (Phi) is 5.85. The van der Waals surface area contributed by atoms with Crippen LogP contribution in [0.15, 0.2) is 47.8 Å². The maximum absolute atomic E-state index is 12.5. The van der Waals surface area contributed by atoms with E-state index in [-0.39, 0.29) is 18.5 Å². The number of thiazole rings is 1. The summed E-state index contributed by atoms with van der Waals surface area (Å²) in [5.74, 6) is -0.264. The molecule has 132 valence electrons. The van der Waals surface area contributed by atoms with Gasteiger partial charge in [0, 0.05) is 28.7 Å². The normalized spacial score (nSPS) is 11.6. The zero-order valence-electron chi connectivity index (χ0n) is 13.5. The van der Waals surface area contributed by atoms with Crippen molar-refractivity contribution in [2.45, 2.75) is 12.5 Å². The molecule has 2 heterocycles. The summed E-state index contributed by atoms with van der Waals surface area (Å²) in [4.78, 5) is 20.0. The van der Waals surface area contributed by atoms with Crippen LogP contribution in [0.4, 0.5) is 0 Å². The maximum Gasteiger partial charge on any atom is 0.263 e. The molecule has 0 aliphatic rings. The average Bonchev–Trinajstić information content (AvgIpc) is 3.32. The van der Waals surface area contributed by atoms with Crippen LogP contribution in [0.5, 0.6) is 0 Å². The summed E-state index contributed by atoms with van der Waals surface area (Å²) in [6.45, 7) is 0.150. The molecule has 0 bridgehead atoms. The lowest BCUT2D eigenvalue weighted by atomic mass is 10.1. The molecule has 0 saturated heterocycles. The lowest BCUT2D eigenvalue weighted by Gasteiger charge is -2.16. The maximum atomic E-state index is 12.5. The van der Waals surface area contributed by atoms with E-state index >= 15 is 0 Å². The number of benzene rings is 1. The number of azide groups is 1. The van der Waals surface area contributed by atoms with Crippen LogP contribution in [0.1, 0.15) is 15.2 Å². The van der Waals surface area contributed by atoms with E-state index in [1.165, 1.54) is 17.5 Å². The van der Waals surface area contributed by atoms with Crippen molar-refractivity contribution in [2.24, 2.45) is 5.11 Å². The molecule has 1 aromatic carbocycles. The predicted octanol–water partition coefficient (Wildman–Crippen LogP) is 3.84. The van der Waals surface area contributed by atoms with Crippen molar-refractivity contribution in [1.29, 1.82) is 0 Å². The van der Waals surface area contributed by atoms with Gasteiger partial charge in [-0.15, -0.1) is 11.3 Å². The molecular weight excluding hydrogens is 374 g/mol. The van der Waals surface area contributed by atoms with Gasteiger partial charge in [0.05, 0.1) is 11.9 Å². The van der Waals surface area contributed by atoms with Crippen molar-refractivity contribution >= 4 is 28.8 Å². The van der Waals surface area contributed by atoms with E-state index in [1.807, 2.05) is 12.1 Å². The molecule has 0 radical (unpaired) electrons. The highest BCUT2D eigenvalue weighted by molar-refractivity contribution is 7.16. The van der Waals surface area contributed by atoms with E-state index in [4.69, 9.17) is 17.1 Å². The summed E-state index contributed by atoms with van der Waals surface area (Å²) in [6.07, 6.45) is 3.66. The summed E-state index contributed by atoms with van der Waals surface area (Å²) in [7, 11) is 0. The molecule has 10 heteroatoms. The quantitative estimate of drug-likeness (QED) is 0.364. The van der Waals surface area contributed by atoms with Gasteiger partial charge in [-0.05, 0) is 35.7 Å². The topological polar surface area (TPSA) is 119 Å². The Morgan fingerprint density at radius 1 is 1.38 bits per heavy atom. The Morgan fingerprint density at radius 2 is 2.19 bits per heavy atom. The van der Waals surface area contributed by atoms with Crippen LogP contribution in [0.25, 0.3) is 21.1 Å². The van der Waals surface area contributed by atoms with Crippen molar-refractivity contribution in [3.8, 4) is 10.7 Å². The number of nitrogens with zero attached hydrogens (tertiary/aromatic N) is 5. The number of rotatable bonds is 7. The number of aromatic nitrogens is 3. The largest absolute Gasteiger partial charge is 0.348 e. The van der Waals surface area contributed by atoms with Gasteiger partial charge in [0.25, 0.3) is 5.91 Å². The fourth-order valence-electron chi connectivity index (χ4n) is 2.34.